The highest BCUT2D eigenvalue weighted by molar-refractivity contribution is 7.99. The van der Waals surface area contributed by atoms with Crippen LogP contribution in [0.5, 0.6) is 0 Å². The maximum Gasteiger partial charge on any atom is 0.232 e. The lowest BCUT2D eigenvalue weighted by atomic mass is 10.1. The second kappa shape index (κ2) is 8.05. The third-order valence-electron chi connectivity index (χ3n) is 3.73. The predicted molar refractivity (Wildman–Crippen MR) is 86.4 cm³/mol. The fourth-order valence-corrected chi connectivity index (χ4v) is 4.10. The summed E-state index contributed by atoms with van der Waals surface area (Å²) in [6.45, 7) is 2.97. The molecule has 1 amide bonds. The van der Waals surface area contributed by atoms with E-state index in [4.69, 9.17) is 4.74 Å². The fourth-order valence-electron chi connectivity index (χ4n) is 2.25. The summed E-state index contributed by atoms with van der Waals surface area (Å²) in [7, 11) is 1.89. The number of rotatable bonds is 6. The summed E-state index contributed by atoms with van der Waals surface area (Å²) in [6.07, 6.45) is 3.93. The molecule has 2 heterocycles. The summed E-state index contributed by atoms with van der Waals surface area (Å²) < 4.78 is 5.68. The molecule has 1 aliphatic rings. The van der Waals surface area contributed by atoms with Crippen LogP contribution < -0.4 is 0 Å². The highest BCUT2D eigenvalue weighted by atomic mass is 32.2. The smallest absolute Gasteiger partial charge is 0.232 e. The summed E-state index contributed by atoms with van der Waals surface area (Å²) in [5, 5.41) is 2.05. The standard InChI is InChI=1S/C15H23NO2S2/c1-12(14-7-5-9-20-14)16(2)15(17)11-19-10-13-6-3-4-8-18-13/h5,7,9,12-13H,3-4,6,8,10-11H2,1-2H3/t12-,13+/m1/s1. The second-order valence-corrected chi connectivity index (χ2v) is 7.21. The number of carbonyl (C=O) groups is 1. The normalized spacial score (nSPS) is 20.6. The van der Waals surface area contributed by atoms with E-state index in [-0.39, 0.29) is 11.9 Å². The monoisotopic (exact) mass is 313 g/mol. The van der Waals surface area contributed by atoms with Crippen LogP contribution >= 0.6 is 23.1 Å². The third-order valence-corrected chi connectivity index (χ3v) is 5.83. The summed E-state index contributed by atoms with van der Waals surface area (Å²) in [6, 6.07) is 4.28. The van der Waals surface area contributed by atoms with Crippen LogP contribution in [0.15, 0.2) is 17.5 Å². The predicted octanol–water partition coefficient (Wildman–Crippen LogP) is 3.57. The summed E-state index contributed by atoms with van der Waals surface area (Å²) in [5.41, 5.74) is 0. The first-order valence-electron chi connectivity index (χ1n) is 7.17. The van der Waals surface area contributed by atoms with E-state index in [0.29, 0.717) is 11.9 Å². The Hall–Kier alpha value is -0.520. The Morgan fingerprint density at radius 2 is 2.45 bits per heavy atom. The van der Waals surface area contributed by atoms with Gasteiger partial charge in [-0.15, -0.1) is 23.1 Å². The Morgan fingerprint density at radius 3 is 3.10 bits per heavy atom. The number of nitrogens with zero attached hydrogens (tertiary/aromatic N) is 1. The molecular weight excluding hydrogens is 290 g/mol. The molecular formula is C15H23NO2S2. The van der Waals surface area contributed by atoms with E-state index in [1.54, 1.807) is 23.1 Å². The van der Waals surface area contributed by atoms with E-state index >= 15 is 0 Å². The van der Waals surface area contributed by atoms with Crippen LogP contribution in [0.1, 0.15) is 37.1 Å². The van der Waals surface area contributed by atoms with Gasteiger partial charge in [0.2, 0.25) is 5.91 Å². The summed E-state index contributed by atoms with van der Waals surface area (Å²) in [4.78, 5) is 15.3. The van der Waals surface area contributed by atoms with Crippen molar-refractivity contribution >= 4 is 29.0 Å². The third kappa shape index (κ3) is 4.50. The van der Waals surface area contributed by atoms with Crippen LogP contribution in [0.3, 0.4) is 0 Å². The lowest BCUT2D eigenvalue weighted by Crippen LogP contribution is -2.31. The fraction of sp³-hybridized carbons (Fsp3) is 0.667. The van der Waals surface area contributed by atoms with Crippen molar-refractivity contribution in [3.05, 3.63) is 22.4 Å². The average Bonchev–Trinajstić information content (AvgIpc) is 3.01. The molecule has 0 aliphatic carbocycles. The molecule has 2 atom stereocenters. The van der Waals surface area contributed by atoms with E-state index < -0.39 is 0 Å². The molecule has 1 aromatic rings. The van der Waals surface area contributed by atoms with Crippen LogP contribution in [0.4, 0.5) is 0 Å². The zero-order valence-corrected chi connectivity index (χ0v) is 13.8. The Labute approximate surface area is 129 Å². The van der Waals surface area contributed by atoms with Crippen LogP contribution in [0, 0.1) is 0 Å². The molecule has 3 nitrogen and oxygen atoms in total. The SMILES string of the molecule is C[C@H](c1cccs1)N(C)C(=O)CSC[C@@H]1CCCCO1. The van der Waals surface area contributed by atoms with Crippen molar-refractivity contribution in [3.63, 3.8) is 0 Å². The minimum absolute atomic E-state index is 0.161. The molecule has 1 saturated heterocycles. The van der Waals surface area contributed by atoms with Crippen LogP contribution in [-0.2, 0) is 9.53 Å². The second-order valence-electron chi connectivity index (χ2n) is 5.20. The van der Waals surface area contributed by atoms with Crippen molar-refractivity contribution in [1.29, 1.82) is 0 Å². The molecule has 0 radical (unpaired) electrons. The highest BCUT2D eigenvalue weighted by Gasteiger charge is 2.19. The molecule has 2 rings (SSSR count). The van der Waals surface area contributed by atoms with Gasteiger partial charge in [-0.25, -0.2) is 0 Å². The van der Waals surface area contributed by atoms with Crippen molar-refractivity contribution in [1.82, 2.24) is 4.90 Å². The van der Waals surface area contributed by atoms with Gasteiger partial charge in [0.05, 0.1) is 17.9 Å². The summed E-state index contributed by atoms with van der Waals surface area (Å²) >= 11 is 3.40. The maximum atomic E-state index is 12.2. The number of thiophene rings is 1. The molecule has 1 aromatic heterocycles. The van der Waals surface area contributed by atoms with Crippen LogP contribution in [0.2, 0.25) is 0 Å². The Morgan fingerprint density at radius 1 is 1.60 bits per heavy atom. The van der Waals surface area contributed by atoms with Gasteiger partial charge in [-0.2, -0.15) is 0 Å². The van der Waals surface area contributed by atoms with Gasteiger partial charge < -0.3 is 9.64 Å². The Kier molecular flexibility index (Phi) is 6.39. The molecule has 0 aromatic carbocycles. The van der Waals surface area contributed by atoms with E-state index in [2.05, 4.69) is 18.4 Å². The van der Waals surface area contributed by atoms with Gasteiger partial charge in [0.1, 0.15) is 0 Å². The zero-order valence-electron chi connectivity index (χ0n) is 12.2. The number of thioether (sulfide) groups is 1. The maximum absolute atomic E-state index is 12.2. The van der Waals surface area contributed by atoms with E-state index in [1.807, 2.05) is 18.0 Å². The first kappa shape index (κ1) is 15.9. The van der Waals surface area contributed by atoms with Gasteiger partial charge in [0.25, 0.3) is 0 Å². The molecule has 20 heavy (non-hydrogen) atoms. The molecule has 112 valence electrons. The molecule has 1 aliphatic heterocycles. The largest absolute Gasteiger partial charge is 0.377 e. The summed E-state index contributed by atoms with van der Waals surface area (Å²) in [5.74, 6) is 1.69. The molecule has 1 fully saturated rings. The topological polar surface area (TPSA) is 29.5 Å². The van der Waals surface area contributed by atoms with Gasteiger partial charge >= 0.3 is 0 Å². The van der Waals surface area contributed by atoms with Gasteiger partial charge in [-0.3, -0.25) is 4.79 Å². The van der Waals surface area contributed by atoms with E-state index in [1.165, 1.54) is 17.7 Å². The number of ether oxygens (including phenoxy) is 1. The number of hydrogen-bond acceptors (Lipinski definition) is 4. The quantitative estimate of drug-likeness (QED) is 0.804. The van der Waals surface area contributed by atoms with Crippen molar-refractivity contribution < 1.29 is 9.53 Å². The minimum atomic E-state index is 0.161. The van der Waals surface area contributed by atoms with E-state index in [0.717, 1.165) is 18.8 Å². The van der Waals surface area contributed by atoms with Gasteiger partial charge in [-0.05, 0) is 37.6 Å². The number of carbonyl (C=O) groups excluding carboxylic acids is 1. The minimum Gasteiger partial charge on any atom is -0.377 e. The van der Waals surface area contributed by atoms with Gasteiger partial charge in [0.15, 0.2) is 0 Å². The van der Waals surface area contributed by atoms with E-state index in [9.17, 15) is 4.79 Å². The van der Waals surface area contributed by atoms with Crippen molar-refractivity contribution in [2.24, 2.45) is 0 Å². The zero-order chi connectivity index (χ0) is 14.4. The van der Waals surface area contributed by atoms with Crippen molar-refractivity contribution in [3.8, 4) is 0 Å². The lowest BCUT2D eigenvalue weighted by Gasteiger charge is -2.25. The molecule has 0 unspecified atom stereocenters. The molecule has 0 N–H and O–H groups in total. The average molecular weight is 313 g/mol. The number of amides is 1. The van der Waals surface area contributed by atoms with Crippen molar-refractivity contribution in [2.75, 3.05) is 25.2 Å². The number of hydrogen-bond donors (Lipinski definition) is 0. The Bertz CT molecular complexity index is 402. The van der Waals surface area contributed by atoms with Gasteiger partial charge in [-0.1, -0.05) is 6.07 Å². The first-order chi connectivity index (χ1) is 9.68. The van der Waals surface area contributed by atoms with Crippen molar-refractivity contribution in [2.45, 2.75) is 38.3 Å². The van der Waals surface area contributed by atoms with Gasteiger partial charge in [0, 0.05) is 24.3 Å². The van der Waals surface area contributed by atoms with Crippen LogP contribution in [-0.4, -0.2) is 42.1 Å². The first-order valence-corrected chi connectivity index (χ1v) is 9.20. The molecule has 0 saturated carbocycles. The molecule has 5 heteroatoms. The highest BCUT2D eigenvalue weighted by Crippen LogP contribution is 2.24. The molecule has 0 spiro atoms. The lowest BCUT2D eigenvalue weighted by molar-refractivity contribution is -0.128. The van der Waals surface area contributed by atoms with Crippen LogP contribution in [0.25, 0.3) is 0 Å². The molecule has 0 bridgehead atoms. The Balaban J connectivity index is 1.71.